The molecular weight excluding hydrogens is 324 g/mol. The lowest BCUT2D eigenvalue weighted by Crippen LogP contribution is -2.50. The maximum atomic E-state index is 4.65. The van der Waals surface area contributed by atoms with Crippen molar-refractivity contribution in [2.24, 2.45) is 4.99 Å². The molecular formula is C20H34N6. The Kier molecular flexibility index (Phi) is 6.72. The van der Waals surface area contributed by atoms with E-state index in [1.807, 2.05) is 44.2 Å². The van der Waals surface area contributed by atoms with Crippen LogP contribution >= 0.6 is 0 Å². The topological polar surface area (TPSA) is 55.8 Å². The molecule has 6 nitrogen and oxygen atoms in total. The molecule has 2 fully saturated rings. The first-order valence-corrected chi connectivity index (χ1v) is 10.00. The molecule has 0 spiro atoms. The molecule has 6 heteroatoms. The van der Waals surface area contributed by atoms with Crippen LogP contribution in [0.2, 0.25) is 0 Å². The molecule has 0 radical (unpaired) electrons. The largest absolute Gasteiger partial charge is 0.363 e. The predicted molar refractivity (Wildman–Crippen MR) is 109 cm³/mol. The van der Waals surface area contributed by atoms with Crippen LogP contribution in [0.5, 0.6) is 0 Å². The molecule has 1 aliphatic carbocycles. The molecule has 2 N–H and O–H groups in total. The van der Waals surface area contributed by atoms with Crippen molar-refractivity contribution < 1.29 is 0 Å². The third-order valence-corrected chi connectivity index (χ3v) is 5.62. The summed E-state index contributed by atoms with van der Waals surface area (Å²) in [5.74, 6) is 1.85. The molecule has 0 amide bonds. The summed E-state index contributed by atoms with van der Waals surface area (Å²) < 4.78 is 0. The van der Waals surface area contributed by atoms with Crippen molar-refractivity contribution in [3.05, 3.63) is 23.9 Å². The quantitative estimate of drug-likeness (QED) is 0.624. The normalized spacial score (nSPS) is 20.3. The lowest BCUT2D eigenvalue weighted by Gasteiger charge is -2.36. The molecule has 2 aliphatic rings. The number of anilines is 1. The van der Waals surface area contributed by atoms with Gasteiger partial charge in [0, 0.05) is 46.3 Å². The molecule has 0 aromatic carbocycles. The number of likely N-dealkylation sites (tertiary alicyclic amines) is 1. The number of aliphatic imine (C=N–C) groups is 1. The van der Waals surface area contributed by atoms with Crippen LogP contribution < -0.4 is 15.5 Å². The van der Waals surface area contributed by atoms with Crippen LogP contribution in [0.15, 0.2) is 23.2 Å². The van der Waals surface area contributed by atoms with E-state index in [-0.39, 0.29) is 0 Å². The van der Waals surface area contributed by atoms with Crippen molar-refractivity contribution in [1.29, 1.82) is 0 Å². The highest BCUT2D eigenvalue weighted by Crippen LogP contribution is 2.26. The van der Waals surface area contributed by atoms with Crippen LogP contribution in [0.25, 0.3) is 0 Å². The zero-order valence-corrected chi connectivity index (χ0v) is 16.5. The number of guanidine groups is 1. The van der Waals surface area contributed by atoms with Crippen LogP contribution in [0, 0.1) is 0 Å². The molecule has 26 heavy (non-hydrogen) atoms. The van der Waals surface area contributed by atoms with E-state index in [4.69, 9.17) is 0 Å². The first-order chi connectivity index (χ1) is 12.7. The number of pyridine rings is 1. The van der Waals surface area contributed by atoms with Gasteiger partial charge in [0.2, 0.25) is 0 Å². The van der Waals surface area contributed by atoms with Crippen molar-refractivity contribution in [3.63, 3.8) is 0 Å². The average molecular weight is 359 g/mol. The van der Waals surface area contributed by atoms with E-state index >= 15 is 0 Å². The number of aromatic nitrogens is 1. The van der Waals surface area contributed by atoms with Crippen LogP contribution in [0.1, 0.15) is 44.2 Å². The molecule has 1 saturated heterocycles. The Morgan fingerprint density at radius 3 is 2.58 bits per heavy atom. The van der Waals surface area contributed by atoms with Crippen LogP contribution in [0.4, 0.5) is 5.82 Å². The molecule has 0 bridgehead atoms. The SMILES string of the molecule is CN=C(NCc1cccc(N(C)C)n1)NC1CCN(C2CCCC2)CC1. The van der Waals surface area contributed by atoms with Crippen molar-refractivity contribution in [2.45, 2.75) is 57.2 Å². The number of nitrogens with zero attached hydrogens (tertiary/aromatic N) is 4. The summed E-state index contributed by atoms with van der Waals surface area (Å²) in [5.41, 5.74) is 1.02. The summed E-state index contributed by atoms with van der Waals surface area (Å²) in [7, 11) is 5.86. The van der Waals surface area contributed by atoms with E-state index in [0.717, 1.165) is 23.5 Å². The Hall–Kier alpha value is -1.82. The molecule has 2 heterocycles. The second-order valence-electron chi connectivity index (χ2n) is 7.70. The number of hydrogen-bond donors (Lipinski definition) is 2. The predicted octanol–water partition coefficient (Wildman–Crippen LogP) is 2.22. The number of piperidine rings is 1. The summed E-state index contributed by atoms with van der Waals surface area (Å²) in [6.07, 6.45) is 8.04. The van der Waals surface area contributed by atoms with Crippen molar-refractivity contribution in [1.82, 2.24) is 20.5 Å². The zero-order valence-electron chi connectivity index (χ0n) is 16.5. The van der Waals surface area contributed by atoms with E-state index in [1.54, 1.807) is 0 Å². The van der Waals surface area contributed by atoms with Gasteiger partial charge in [-0.05, 0) is 37.8 Å². The van der Waals surface area contributed by atoms with Gasteiger partial charge in [0.15, 0.2) is 5.96 Å². The Balaban J connectivity index is 1.44. The highest BCUT2D eigenvalue weighted by molar-refractivity contribution is 5.79. The maximum Gasteiger partial charge on any atom is 0.191 e. The lowest BCUT2D eigenvalue weighted by atomic mass is 10.0. The number of nitrogens with one attached hydrogen (secondary N) is 2. The van der Waals surface area contributed by atoms with Crippen molar-refractivity contribution >= 4 is 11.8 Å². The smallest absolute Gasteiger partial charge is 0.191 e. The minimum absolute atomic E-state index is 0.514. The monoisotopic (exact) mass is 358 g/mol. The minimum Gasteiger partial charge on any atom is -0.363 e. The Bertz CT molecular complexity index is 586. The molecule has 1 aromatic rings. The highest BCUT2D eigenvalue weighted by Gasteiger charge is 2.27. The van der Waals surface area contributed by atoms with Crippen molar-refractivity contribution in [2.75, 3.05) is 39.1 Å². The van der Waals surface area contributed by atoms with Gasteiger partial charge in [-0.3, -0.25) is 4.99 Å². The van der Waals surface area contributed by atoms with E-state index in [9.17, 15) is 0 Å². The van der Waals surface area contributed by atoms with Crippen LogP contribution in [-0.4, -0.2) is 62.2 Å². The van der Waals surface area contributed by atoms with E-state index in [2.05, 4.69) is 25.5 Å². The first kappa shape index (κ1) is 19.0. The van der Waals surface area contributed by atoms with Gasteiger partial charge in [0.05, 0.1) is 12.2 Å². The average Bonchev–Trinajstić information content (AvgIpc) is 3.20. The summed E-state index contributed by atoms with van der Waals surface area (Å²) in [6.45, 7) is 3.11. The van der Waals surface area contributed by atoms with E-state index in [1.165, 1.54) is 51.6 Å². The standard InChI is InChI=1S/C20H34N6/c1-21-20(22-15-17-7-6-10-19(23-17)25(2)3)24-16-11-13-26(14-12-16)18-8-4-5-9-18/h6-7,10,16,18H,4-5,8-9,11-15H2,1-3H3,(H2,21,22,24). The number of rotatable bonds is 5. The second-order valence-corrected chi connectivity index (χ2v) is 7.70. The third-order valence-electron chi connectivity index (χ3n) is 5.62. The first-order valence-electron chi connectivity index (χ1n) is 10.00. The third kappa shape index (κ3) is 5.10. The molecule has 1 aromatic heterocycles. The van der Waals surface area contributed by atoms with Gasteiger partial charge in [-0.25, -0.2) is 4.98 Å². The lowest BCUT2D eigenvalue weighted by molar-refractivity contribution is 0.150. The van der Waals surface area contributed by atoms with Crippen LogP contribution in [-0.2, 0) is 6.54 Å². The molecule has 1 saturated carbocycles. The Morgan fingerprint density at radius 1 is 1.19 bits per heavy atom. The molecule has 0 unspecified atom stereocenters. The van der Waals surface area contributed by atoms with Gasteiger partial charge in [0.25, 0.3) is 0 Å². The van der Waals surface area contributed by atoms with Gasteiger partial charge >= 0.3 is 0 Å². The maximum absolute atomic E-state index is 4.65. The fourth-order valence-electron chi connectivity index (χ4n) is 4.06. The molecule has 3 rings (SSSR count). The fourth-order valence-corrected chi connectivity index (χ4v) is 4.06. The van der Waals surface area contributed by atoms with E-state index in [0.29, 0.717) is 12.6 Å². The summed E-state index contributed by atoms with van der Waals surface area (Å²) in [6, 6.07) is 7.49. The highest BCUT2D eigenvalue weighted by atomic mass is 15.2. The van der Waals surface area contributed by atoms with Gasteiger partial charge in [-0.2, -0.15) is 0 Å². The summed E-state index contributed by atoms with van der Waals surface area (Å²) >= 11 is 0. The zero-order chi connectivity index (χ0) is 18.4. The van der Waals surface area contributed by atoms with Gasteiger partial charge in [0.1, 0.15) is 5.82 Å². The van der Waals surface area contributed by atoms with Crippen LogP contribution in [0.3, 0.4) is 0 Å². The second kappa shape index (κ2) is 9.21. The summed E-state index contributed by atoms with van der Waals surface area (Å²) in [5, 5.41) is 7.01. The van der Waals surface area contributed by atoms with Crippen molar-refractivity contribution in [3.8, 4) is 0 Å². The Labute approximate surface area is 158 Å². The summed E-state index contributed by atoms with van der Waals surface area (Å²) in [4.78, 5) is 13.8. The van der Waals surface area contributed by atoms with Gasteiger partial charge in [-0.15, -0.1) is 0 Å². The van der Waals surface area contributed by atoms with E-state index < -0.39 is 0 Å². The fraction of sp³-hybridized carbons (Fsp3) is 0.700. The Morgan fingerprint density at radius 2 is 1.92 bits per heavy atom. The van der Waals surface area contributed by atoms with Gasteiger partial charge < -0.3 is 20.4 Å². The minimum atomic E-state index is 0.514. The van der Waals surface area contributed by atoms with Gasteiger partial charge in [-0.1, -0.05) is 18.9 Å². The molecule has 1 aliphatic heterocycles. The molecule has 0 atom stereocenters. The number of hydrogen-bond acceptors (Lipinski definition) is 4. The molecule has 144 valence electrons.